The molecule has 0 unspecified atom stereocenters. The number of alkyl halides is 5. The van der Waals surface area contributed by atoms with E-state index in [0.717, 1.165) is 6.07 Å². The highest BCUT2D eigenvalue weighted by atomic mass is 79.9. The number of hydrogen-bond acceptors (Lipinski definition) is 2. The van der Waals surface area contributed by atoms with Gasteiger partial charge in [-0.2, -0.15) is 18.4 Å². The lowest BCUT2D eigenvalue weighted by molar-refractivity contribution is -0.138. The van der Waals surface area contributed by atoms with E-state index in [9.17, 15) is 22.0 Å². The van der Waals surface area contributed by atoms with E-state index in [2.05, 4.69) is 20.9 Å². The van der Waals surface area contributed by atoms with Crippen LogP contribution in [0.5, 0.6) is 0 Å². The van der Waals surface area contributed by atoms with Gasteiger partial charge in [0.25, 0.3) is 6.43 Å². The Balaban J connectivity index is 3.60. The van der Waals surface area contributed by atoms with Crippen molar-refractivity contribution in [1.82, 2.24) is 4.98 Å². The molecule has 16 heavy (non-hydrogen) atoms. The molecule has 1 aromatic heterocycles. The van der Waals surface area contributed by atoms with Crippen LogP contribution in [-0.2, 0) is 6.18 Å². The van der Waals surface area contributed by atoms with E-state index >= 15 is 0 Å². The normalized spacial score (nSPS) is 11.6. The monoisotopic (exact) mass is 300 g/mol. The van der Waals surface area contributed by atoms with Gasteiger partial charge < -0.3 is 0 Å². The van der Waals surface area contributed by atoms with Crippen LogP contribution in [0.1, 0.15) is 23.1 Å². The van der Waals surface area contributed by atoms with Crippen LogP contribution >= 0.6 is 15.9 Å². The third-order valence-electron chi connectivity index (χ3n) is 1.69. The Morgan fingerprint density at radius 1 is 1.38 bits per heavy atom. The highest BCUT2D eigenvalue weighted by Gasteiger charge is 2.39. The molecule has 0 bridgehead atoms. The SMILES string of the molecule is N#Cc1c(C(F)F)cnc(Br)c1C(F)(F)F. The number of pyridine rings is 1. The van der Waals surface area contributed by atoms with E-state index in [1.807, 2.05) is 0 Å². The van der Waals surface area contributed by atoms with Crippen molar-refractivity contribution in [2.24, 2.45) is 0 Å². The molecule has 0 fully saturated rings. The van der Waals surface area contributed by atoms with Gasteiger partial charge in [0.05, 0.1) is 11.1 Å². The minimum absolute atomic E-state index is 0.544. The van der Waals surface area contributed by atoms with Crippen molar-refractivity contribution < 1.29 is 22.0 Å². The molecule has 0 aliphatic heterocycles. The van der Waals surface area contributed by atoms with Gasteiger partial charge in [-0.15, -0.1) is 0 Å². The highest BCUT2D eigenvalue weighted by Crippen LogP contribution is 2.39. The van der Waals surface area contributed by atoms with Crippen LogP contribution in [0.3, 0.4) is 0 Å². The third kappa shape index (κ3) is 2.29. The number of halogens is 6. The molecular weight excluding hydrogens is 299 g/mol. The Bertz CT molecular complexity index is 449. The first-order chi connectivity index (χ1) is 7.29. The fourth-order valence-corrected chi connectivity index (χ4v) is 1.57. The van der Waals surface area contributed by atoms with Gasteiger partial charge in [0.1, 0.15) is 16.2 Å². The molecule has 0 aliphatic rings. The smallest absolute Gasteiger partial charge is 0.248 e. The molecule has 0 saturated carbocycles. The summed E-state index contributed by atoms with van der Waals surface area (Å²) in [5, 5.41) is 8.50. The Labute approximate surface area is 94.8 Å². The number of nitrogens with zero attached hydrogens (tertiary/aromatic N) is 2. The van der Waals surface area contributed by atoms with Crippen LogP contribution < -0.4 is 0 Å². The van der Waals surface area contributed by atoms with E-state index in [1.165, 1.54) is 0 Å². The Morgan fingerprint density at radius 2 is 1.94 bits per heavy atom. The van der Waals surface area contributed by atoms with Crippen LogP contribution in [0.4, 0.5) is 22.0 Å². The fourth-order valence-electron chi connectivity index (χ4n) is 1.05. The predicted octanol–water partition coefficient (Wildman–Crippen LogP) is 3.67. The molecule has 0 atom stereocenters. The second kappa shape index (κ2) is 4.33. The summed E-state index contributed by atoms with van der Waals surface area (Å²) in [7, 11) is 0. The predicted molar refractivity (Wildman–Crippen MR) is 46.6 cm³/mol. The van der Waals surface area contributed by atoms with Gasteiger partial charge >= 0.3 is 6.18 Å². The van der Waals surface area contributed by atoms with Crippen molar-refractivity contribution in [2.75, 3.05) is 0 Å². The molecule has 0 N–H and O–H groups in total. The maximum atomic E-state index is 12.5. The summed E-state index contributed by atoms with van der Waals surface area (Å²) in [4.78, 5) is 3.14. The van der Waals surface area contributed by atoms with Crippen molar-refractivity contribution in [3.63, 3.8) is 0 Å². The largest absolute Gasteiger partial charge is 0.420 e. The molecule has 0 saturated heterocycles. The molecule has 8 heteroatoms. The second-order valence-electron chi connectivity index (χ2n) is 2.66. The molecule has 0 spiro atoms. The lowest BCUT2D eigenvalue weighted by Gasteiger charge is -2.12. The summed E-state index contributed by atoms with van der Waals surface area (Å²) in [6, 6.07) is 1.12. The summed E-state index contributed by atoms with van der Waals surface area (Å²) in [5.74, 6) is 0. The first kappa shape index (κ1) is 12.8. The van der Waals surface area contributed by atoms with Crippen molar-refractivity contribution in [3.05, 3.63) is 27.5 Å². The zero-order valence-electron chi connectivity index (χ0n) is 7.32. The molecule has 1 rings (SSSR count). The Kier molecular flexibility index (Phi) is 3.48. The van der Waals surface area contributed by atoms with Crippen molar-refractivity contribution in [2.45, 2.75) is 12.6 Å². The van der Waals surface area contributed by atoms with Crippen LogP contribution in [-0.4, -0.2) is 4.98 Å². The molecule has 1 heterocycles. The van der Waals surface area contributed by atoms with Gasteiger partial charge in [0.2, 0.25) is 0 Å². The maximum absolute atomic E-state index is 12.5. The topological polar surface area (TPSA) is 36.7 Å². The summed E-state index contributed by atoms with van der Waals surface area (Å²) in [6.07, 6.45) is -7.55. The minimum Gasteiger partial charge on any atom is -0.248 e. The average Bonchev–Trinajstić information content (AvgIpc) is 2.14. The van der Waals surface area contributed by atoms with E-state index in [1.54, 1.807) is 0 Å². The number of hydrogen-bond donors (Lipinski definition) is 0. The van der Waals surface area contributed by atoms with Gasteiger partial charge in [-0.25, -0.2) is 13.8 Å². The molecule has 0 amide bonds. The molecule has 0 radical (unpaired) electrons. The van der Waals surface area contributed by atoms with E-state index in [-0.39, 0.29) is 0 Å². The molecule has 0 aliphatic carbocycles. The number of aromatic nitrogens is 1. The van der Waals surface area contributed by atoms with Crippen molar-refractivity contribution in [1.29, 1.82) is 5.26 Å². The van der Waals surface area contributed by atoms with Crippen molar-refractivity contribution in [3.8, 4) is 6.07 Å². The Morgan fingerprint density at radius 3 is 2.31 bits per heavy atom. The maximum Gasteiger partial charge on any atom is 0.420 e. The lowest BCUT2D eigenvalue weighted by atomic mass is 10.1. The molecule has 86 valence electrons. The average molecular weight is 301 g/mol. The van der Waals surface area contributed by atoms with Crippen LogP contribution in [0.2, 0.25) is 0 Å². The standard InChI is InChI=1S/C8H2BrF5N2/c9-6-5(8(12,13)14)3(1-15)4(2-16-6)7(10)11/h2,7H. The van der Waals surface area contributed by atoms with Gasteiger partial charge in [-0.1, -0.05) is 0 Å². The first-order valence-electron chi connectivity index (χ1n) is 3.73. The van der Waals surface area contributed by atoms with Gasteiger partial charge in [0.15, 0.2) is 0 Å². The van der Waals surface area contributed by atoms with Gasteiger partial charge in [0, 0.05) is 6.20 Å². The fraction of sp³-hybridized carbons (Fsp3) is 0.250. The van der Waals surface area contributed by atoms with Gasteiger partial charge in [-0.05, 0) is 15.9 Å². The Hall–Kier alpha value is -1.23. The van der Waals surface area contributed by atoms with Crippen molar-refractivity contribution >= 4 is 15.9 Å². The molecular formula is C8H2BrF5N2. The van der Waals surface area contributed by atoms with Crippen LogP contribution in [0, 0.1) is 11.3 Å². The second-order valence-corrected chi connectivity index (χ2v) is 3.42. The quantitative estimate of drug-likeness (QED) is 0.586. The van der Waals surface area contributed by atoms with Crippen LogP contribution in [0.15, 0.2) is 10.8 Å². The molecule has 0 aromatic carbocycles. The highest BCUT2D eigenvalue weighted by molar-refractivity contribution is 9.10. The van der Waals surface area contributed by atoms with E-state index in [0.29, 0.717) is 6.20 Å². The van der Waals surface area contributed by atoms with Gasteiger partial charge in [-0.3, -0.25) is 0 Å². The third-order valence-corrected chi connectivity index (χ3v) is 2.29. The van der Waals surface area contributed by atoms with Crippen LogP contribution in [0.25, 0.3) is 0 Å². The summed E-state index contributed by atoms with van der Waals surface area (Å²) < 4.78 is 61.4. The summed E-state index contributed by atoms with van der Waals surface area (Å²) in [6.45, 7) is 0. The number of nitriles is 1. The molecule has 2 nitrogen and oxygen atoms in total. The number of rotatable bonds is 1. The zero-order valence-corrected chi connectivity index (χ0v) is 8.90. The summed E-state index contributed by atoms with van der Waals surface area (Å²) in [5.41, 5.74) is -3.62. The minimum atomic E-state index is -4.91. The first-order valence-corrected chi connectivity index (χ1v) is 4.52. The zero-order chi connectivity index (χ0) is 12.5. The molecule has 1 aromatic rings. The summed E-state index contributed by atoms with van der Waals surface area (Å²) >= 11 is 2.48. The van der Waals surface area contributed by atoms with E-state index < -0.39 is 33.9 Å². The lowest BCUT2D eigenvalue weighted by Crippen LogP contribution is -2.12. The van der Waals surface area contributed by atoms with E-state index in [4.69, 9.17) is 5.26 Å².